The molecule has 1 atom stereocenters. The molecule has 1 amide bonds. The molecule has 0 N–H and O–H groups in total. The lowest BCUT2D eigenvalue weighted by molar-refractivity contribution is 0.0774. The second-order valence-electron chi connectivity index (χ2n) is 11.8. The third-order valence-corrected chi connectivity index (χ3v) is 10.7. The van der Waals surface area contributed by atoms with E-state index in [0.717, 1.165) is 73.3 Å². The van der Waals surface area contributed by atoms with Crippen LogP contribution in [0.3, 0.4) is 0 Å². The quantitative estimate of drug-likeness (QED) is 0.249. The van der Waals surface area contributed by atoms with E-state index in [4.69, 9.17) is 21.7 Å². The van der Waals surface area contributed by atoms with Gasteiger partial charge in [0.1, 0.15) is 16.3 Å². The third-order valence-electron chi connectivity index (χ3n) is 9.18. The number of carbonyl (C=O) groups is 1. The fourth-order valence-corrected chi connectivity index (χ4v) is 7.91. The molecule has 10 heteroatoms. The highest BCUT2D eigenvalue weighted by molar-refractivity contribution is 8.22. The molecule has 0 aliphatic carbocycles. The van der Waals surface area contributed by atoms with Crippen molar-refractivity contribution in [3.63, 3.8) is 0 Å². The molecule has 46 heavy (non-hydrogen) atoms. The van der Waals surface area contributed by atoms with Crippen molar-refractivity contribution in [3.8, 4) is 17.6 Å². The van der Waals surface area contributed by atoms with Gasteiger partial charge in [-0.15, -0.1) is 0 Å². The van der Waals surface area contributed by atoms with Crippen LogP contribution in [-0.4, -0.2) is 95.9 Å². The smallest absolute Gasteiger partial charge is 0.256 e. The molecule has 2 fully saturated rings. The fourth-order valence-electron chi connectivity index (χ4n) is 6.53. The molecule has 3 aromatic carbocycles. The minimum atomic E-state index is -0.720. The van der Waals surface area contributed by atoms with Gasteiger partial charge >= 0.3 is 0 Å². The minimum absolute atomic E-state index is 0.00516. The van der Waals surface area contributed by atoms with Crippen molar-refractivity contribution in [1.29, 1.82) is 5.26 Å². The predicted molar refractivity (Wildman–Crippen MR) is 188 cm³/mol. The first kappa shape index (κ1) is 32.0. The Morgan fingerprint density at radius 3 is 2.37 bits per heavy atom. The largest absolute Gasteiger partial charge is 0.493 e. The van der Waals surface area contributed by atoms with Gasteiger partial charge in [0.2, 0.25) is 0 Å². The van der Waals surface area contributed by atoms with E-state index < -0.39 is 5.41 Å². The molecule has 0 radical (unpaired) electrons. The zero-order chi connectivity index (χ0) is 31.9. The summed E-state index contributed by atoms with van der Waals surface area (Å²) in [6.07, 6.45) is 4.51. The summed E-state index contributed by atoms with van der Waals surface area (Å²) in [6.45, 7) is 5.50. The Hall–Kier alpha value is -3.91. The maximum Gasteiger partial charge on any atom is 0.256 e. The molecular weight excluding hydrogens is 615 g/mol. The Labute approximate surface area is 281 Å². The highest BCUT2D eigenvalue weighted by atomic mass is 32.2. The molecule has 3 aromatic rings. The van der Waals surface area contributed by atoms with Crippen LogP contribution in [0.5, 0.6) is 11.5 Å². The Morgan fingerprint density at radius 2 is 1.72 bits per heavy atom. The maximum atomic E-state index is 13.1. The number of hydrogen-bond acceptors (Lipinski definition) is 8. The number of nitriles is 1. The van der Waals surface area contributed by atoms with Gasteiger partial charge in [-0.3, -0.25) is 14.7 Å². The Balaban J connectivity index is 0.991. The van der Waals surface area contributed by atoms with Crippen molar-refractivity contribution < 1.29 is 14.3 Å². The fraction of sp³-hybridized carbons (Fsp3) is 0.389. The highest BCUT2D eigenvalue weighted by Gasteiger charge is 2.35. The van der Waals surface area contributed by atoms with Crippen LogP contribution in [0.2, 0.25) is 0 Å². The van der Waals surface area contributed by atoms with E-state index >= 15 is 0 Å². The Morgan fingerprint density at radius 1 is 1.02 bits per heavy atom. The average molecular weight is 654 g/mol. The van der Waals surface area contributed by atoms with Crippen molar-refractivity contribution in [1.82, 2.24) is 14.7 Å². The van der Waals surface area contributed by atoms with E-state index in [2.05, 4.69) is 20.9 Å². The summed E-state index contributed by atoms with van der Waals surface area (Å²) in [7, 11) is 1.60. The highest BCUT2D eigenvalue weighted by Crippen LogP contribution is 2.39. The number of nitrogens with zero attached hydrogens (tertiary/aromatic N) is 5. The van der Waals surface area contributed by atoms with Crippen LogP contribution in [0, 0.1) is 11.3 Å². The van der Waals surface area contributed by atoms with Crippen LogP contribution in [0.4, 0.5) is 5.69 Å². The molecule has 8 nitrogen and oxygen atoms in total. The number of ether oxygens (including phenoxy) is 2. The maximum absolute atomic E-state index is 13.1. The van der Waals surface area contributed by atoms with Crippen molar-refractivity contribution in [2.45, 2.75) is 30.7 Å². The minimum Gasteiger partial charge on any atom is -0.493 e. The number of carbonyl (C=O) groups excluding carboxylic acids is 1. The molecule has 3 aliphatic rings. The van der Waals surface area contributed by atoms with E-state index in [0.29, 0.717) is 35.8 Å². The summed E-state index contributed by atoms with van der Waals surface area (Å²) in [5.74, 6) is 1.91. The molecule has 3 aliphatic heterocycles. The first-order valence-electron chi connectivity index (χ1n) is 15.9. The summed E-state index contributed by atoms with van der Waals surface area (Å²) >= 11 is 7.52. The molecule has 2 saturated heterocycles. The summed E-state index contributed by atoms with van der Waals surface area (Å²) in [6, 6.07) is 26.4. The van der Waals surface area contributed by atoms with Gasteiger partial charge in [-0.1, -0.05) is 84.6 Å². The van der Waals surface area contributed by atoms with E-state index in [1.165, 1.54) is 0 Å². The number of methoxy groups -OCH3 is 1. The number of fused-ring (bicyclic) bond motifs is 2. The summed E-state index contributed by atoms with van der Waals surface area (Å²) in [5.41, 5.74) is 2.50. The summed E-state index contributed by atoms with van der Waals surface area (Å²) in [4.78, 5) is 24.3. The van der Waals surface area contributed by atoms with Crippen molar-refractivity contribution in [2.24, 2.45) is 4.99 Å². The van der Waals surface area contributed by atoms with Gasteiger partial charge in [0.25, 0.3) is 5.91 Å². The number of hydrogen-bond donors (Lipinski definition) is 0. The molecule has 0 saturated carbocycles. The van der Waals surface area contributed by atoms with Crippen molar-refractivity contribution in [2.75, 3.05) is 58.7 Å². The van der Waals surface area contributed by atoms with Crippen LogP contribution in [0.25, 0.3) is 0 Å². The summed E-state index contributed by atoms with van der Waals surface area (Å²) in [5, 5.41) is 10.5. The third kappa shape index (κ3) is 6.77. The average Bonchev–Trinajstić information content (AvgIpc) is 3.54. The number of rotatable bonds is 10. The van der Waals surface area contributed by atoms with Crippen LogP contribution < -0.4 is 9.47 Å². The van der Waals surface area contributed by atoms with E-state index in [1.807, 2.05) is 77.8 Å². The standard InChI is InChI=1S/C36H39N5O3S2/c1-43-32-23-30-31(38-25-29-13-8-15-41(29)34(30)42)24-33(32)44-21-20-39-16-18-40(19-17-39)35(45)46-22-14-36(26-37,27-9-4-2-5-10-27)28-11-6-3-7-12-28/h2-7,9-12,23-25,29H,8,13-22H2,1H3/t29-/m0/s1. The zero-order valence-electron chi connectivity index (χ0n) is 26.1. The zero-order valence-corrected chi connectivity index (χ0v) is 27.8. The lowest BCUT2D eigenvalue weighted by Gasteiger charge is -2.36. The van der Waals surface area contributed by atoms with Crippen LogP contribution in [-0.2, 0) is 5.41 Å². The number of thioether (sulfide) groups is 1. The lowest BCUT2D eigenvalue weighted by Crippen LogP contribution is -2.48. The first-order chi connectivity index (χ1) is 22.5. The van der Waals surface area contributed by atoms with Gasteiger partial charge < -0.3 is 19.3 Å². The molecule has 3 heterocycles. The van der Waals surface area contributed by atoms with Gasteiger partial charge in [-0.25, -0.2) is 0 Å². The molecule has 238 valence electrons. The molecule has 0 spiro atoms. The molecular formula is C36H39N5O3S2. The lowest BCUT2D eigenvalue weighted by atomic mass is 9.74. The van der Waals surface area contributed by atoms with Crippen LogP contribution in [0.15, 0.2) is 77.8 Å². The number of piperazine rings is 1. The van der Waals surface area contributed by atoms with Crippen molar-refractivity contribution >= 4 is 46.1 Å². The number of thiocarbonyl (C=S) groups is 1. The molecule has 0 aromatic heterocycles. The van der Waals surface area contributed by atoms with Gasteiger partial charge in [-0.05, 0) is 36.5 Å². The monoisotopic (exact) mass is 653 g/mol. The summed E-state index contributed by atoms with van der Waals surface area (Å²) < 4.78 is 12.7. The topological polar surface area (TPSA) is 81.4 Å². The van der Waals surface area contributed by atoms with Gasteiger partial charge in [-0.2, -0.15) is 5.26 Å². The van der Waals surface area contributed by atoms with Crippen LogP contribution >= 0.6 is 24.0 Å². The molecule has 0 unspecified atom stereocenters. The van der Waals surface area contributed by atoms with Gasteiger partial charge in [0, 0.05) is 57.3 Å². The van der Waals surface area contributed by atoms with Gasteiger partial charge in [0.05, 0.1) is 30.5 Å². The molecule has 6 rings (SSSR count). The SMILES string of the molecule is COc1cc2c(cc1OCCN1CCN(C(=S)SCCC(C#N)(c3ccccc3)c3ccccc3)CC1)N=C[C@@H]1CCCN1C2=O. The Bertz CT molecular complexity index is 1560. The van der Waals surface area contributed by atoms with E-state index in [1.54, 1.807) is 24.9 Å². The second kappa shape index (κ2) is 14.7. The van der Waals surface area contributed by atoms with Gasteiger partial charge in [0.15, 0.2) is 11.5 Å². The number of aliphatic imine (C=N–C) groups is 1. The van der Waals surface area contributed by atoms with Crippen LogP contribution in [0.1, 0.15) is 40.7 Å². The first-order valence-corrected chi connectivity index (χ1v) is 17.3. The number of amides is 1. The van der Waals surface area contributed by atoms with Crippen molar-refractivity contribution in [3.05, 3.63) is 89.5 Å². The predicted octanol–water partition coefficient (Wildman–Crippen LogP) is 5.93. The Kier molecular flexibility index (Phi) is 10.2. The molecule has 0 bridgehead atoms. The second-order valence-corrected chi connectivity index (χ2v) is 13.5. The van der Waals surface area contributed by atoms with E-state index in [-0.39, 0.29) is 11.9 Å². The normalized spacial score (nSPS) is 18.0. The van der Waals surface area contributed by atoms with E-state index in [9.17, 15) is 10.1 Å². The number of benzene rings is 3.